The van der Waals surface area contributed by atoms with Crippen molar-refractivity contribution in [2.24, 2.45) is 15.0 Å². The number of amidine groups is 3. The topological polar surface area (TPSA) is 89.8 Å². The molecule has 0 unspecified atom stereocenters. The summed E-state index contributed by atoms with van der Waals surface area (Å²) in [4.78, 5) is 23.1. The molecular weight excluding hydrogens is 554 g/mol. The Hall–Kier alpha value is -5.30. The summed E-state index contributed by atoms with van der Waals surface area (Å²) in [6, 6.07) is 36.8. The highest BCUT2D eigenvalue weighted by Gasteiger charge is 2.23. The monoisotopic (exact) mass is 593 g/mol. The molecule has 1 aliphatic heterocycles. The Balaban J connectivity index is 1.39. The van der Waals surface area contributed by atoms with Gasteiger partial charge in [0.15, 0.2) is 29.1 Å². The predicted octanol–water partition coefficient (Wildman–Crippen LogP) is 9.42. The van der Waals surface area contributed by atoms with Gasteiger partial charge in [0, 0.05) is 22.5 Å². The largest absolute Gasteiger partial charge is 0.339 e. The van der Waals surface area contributed by atoms with Gasteiger partial charge in [-0.1, -0.05) is 126 Å². The third-order valence-electron chi connectivity index (χ3n) is 7.65. The first-order valence-corrected chi connectivity index (χ1v) is 15.3. The van der Waals surface area contributed by atoms with Crippen LogP contribution in [-0.4, -0.2) is 27.5 Å². The minimum atomic E-state index is 0.0620. The molecule has 3 N–H and O–H groups in total. The van der Waals surface area contributed by atoms with Gasteiger partial charge < -0.3 is 15.6 Å². The van der Waals surface area contributed by atoms with Crippen molar-refractivity contribution in [1.82, 2.24) is 9.97 Å². The Bertz CT molecular complexity index is 1870. The Morgan fingerprint density at radius 3 is 1.62 bits per heavy atom. The highest BCUT2D eigenvalue weighted by Crippen LogP contribution is 2.32. The van der Waals surface area contributed by atoms with Crippen molar-refractivity contribution in [3.05, 3.63) is 126 Å². The lowest BCUT2D eigenvalue weighted by atomic mass is 9.87. The lowest BCUT2D eigenvalue weighted by molar-refractivity contribution is 0.590. The van der Waals surface area contributed by atoms with E-state index in [0.29, 0.717) is 35.0 Å². The number of imidazole rings is 1. The van der Waals surface area contributed by atoms with Crippen molar-refractivity contribution in [3.63, 3.8) is 0 Å². The number of aromatic amines is 1. The van der Waals surface area contributed by atoms with E-state index >= 15 is 0 Å². The molecule has 7 heteroatoms. The van der Waals surface area contributed by atoms with Gasteiger partial charge in [-0.2, -0.15) is 0 Å². The third-order valence-corrected chi connectivity index (χ3v) is 7.65. The molecule has 5 aromatic rings. The first-order valence-electron chi connectivity index (χ1n) is 15.3. The third kappa shape index (κ3) is 6.93. The number of hydrogen-bond acceptors (Lipinski definition) is 5. The Morgan fingerprint density at radius 2 is 1.09 bits per heavy atom. The fraction of sp³-hybridized carbons (Fsp3) is 0.211. The van der Waals surface area contributed by atoms with E-state index in [4.69, 9.17) is 20.0 Å². The van der Waals surface area contributed by atoms with Crippen LogP contribution in [-0.2, 0) is 10.8 Å². The van der Waals surface area contributed by atoms with Gasteiger partial charge in [-0.15, -0.1) is 0 Å². The molecule has 7 nitrogen and oxygen atoms in total. The molecule has 226 valence electrons. The maximum atomic E-state index is 5.00. The van der Waals surface area contributed by atoms with Crippen LogP contribution in [0, 0.1) is 0 Å². The second-order valence-electron chi connectivity index (χ2n) is 13.3. The fourth-order valence-corrected chi connectivity index (χ4v) is 4.97. The van der Waals surface area contributed by atoms with Gasteiger partial charge in [0.05, 0.1) is 0 Å². The van der Waals surface area contributed by atoms with E-state index < -0.39 is 0 Å². The number of nitrogens with zero attached hydrogens (tertiary/aromatic N) is 4. The molecule has 1 aromatic heterocycles. The first kappa shape index (κ1) is 29.8. The number of H-pyrrole nitrogens is 1. The first-order chi connectivity index (χ1) is 21.5. The van der Waals surface area contributed by atoms with Crippen molar-refractivity contribution in [2.75, 3.05) is 10.6 Å². The number of benzene rings is 4. The van der Waals surface area contributed by atoms with E-state index in [2.05, 4.69) is 106 Å². The van der Waals surface area contributed by atoms with E-state index in [0.717, 1.165) is 22.5 Å². The van der Waals surface area contributed by atoms with Gasteiger partial charge in [-0.25, -0.2) is 20.0 Å². The highest BCUT2D eigenvalue weighted by molar-refractivity contribution is 6.51. The molecule has 4 aromatic carbocycles. The quantitative estimate of drug-likeness (QED) is 0.183. The Labute approximate surface area is 265 Å². The molecular formula is C38H39N7. The highest BCUT2D eigenvalue weighted by atomic mass is 15.2. The summed E-state index contributed by atoms with van der Waals surface area (Å²) in [5.74, 6) is 3.46. The van der Waals surface area contributed by atoms with Crippen molar-refractivity contribution in [2.45, 2.75) is 52.4 Å². The number of nitrogens with one attached hydrogen (secondary N) is 3. The Morgan fingerprint density at radius 1 is 0.578 bits per heavy atom. The normalized spacial score (nSPS) is 14.3. The molecule has 0 saturated carbocycles. The van der Waals surface area contributed by atoms with Gasteiger partial charge in [-0.3, -0.25) is 0 Å². The molecule has 0 atom stereocenters. The fourth-order valence-electron chi connectivity index (χ4n) is 4.97. The molecule has 6 rings (SSSR count). The summed E-state index contributed by atoms with van der Waals surface area (Å²) in [5, 5.41) is 6.97. The predicted molar refractivity (Wildman–Crippen MR) is 189 cm³/mol. The van der Waals surface area contributed by atoms with E-state index in [9.17, 15) is 0 Å². The summed E-state index contributed by atoms with van der Waals surface area (Å²) in [6.07, 6.45) is 0. The number of anilines is 3. The van der Waals surface area contributed by atoms with Gasteiger partial charge >= 0.3 is 0 Å². The summed E-state index contributed by atoms with van der Waals surface area (Å²) >= 11 is 0. The van der Waals surface area contributed by atoms with Crippen molar-refractivity contribution < 1.29 is 0 Å². The average Bonchev–Trinajstić information content (AvgIpc) is 3.61. The number of aliphatic imine (C=N–C) groups is 3. The number of hydrogen-bond donors (Lipinski definition) is 3. The van der Waals surface area contributed by atoms with E-state index in [-0.39, 0.29) is 10.8 Å². The maximum absolute atomic E-state index is 5.00. The molecule has 0 spiro atoms. The Kier molecular flexibility index (Phi) is 7.94. The molecule has 2 heterocycles. The van der Waals surface area contributed by atoms with Crippen LogP contribution in [0.2, 0.25) is 0 Å². The van der Waals surface area contributed by atoms with E-state index in [1.165, 1.54) is 11.1 Å². The van der Waals surface area contributed by atoms with Crippen LogP contribution in [0.1, 0.15) is 58.2 Å². The molecule has 0 amide bonds. The van der Waals surface area contributed by atoms with Crippen LogP contribution in [0.5, 0.6) is 0 Å². The molecule has 1 aliphatic rings. The van der Waals surface area contributed by atoms with Crippen LogP contribution in [0.15, 0.2) is 124 Å². The summed E-state index contributed by atoms with van der Waals surface area (Å²) < 4.78 is 0. The second kappa shape index (κ2) is 12.0. The molecule has 0 radical (unpaired) electrons. The molecule has 0 bridgehead atoms. The average molecular weight is 594 g/mol. The number of rotatable bonds is 6. The zero-order valence-electron chi connectivity index (χ0n) is 26.7. The zero-order chi connectivity index (χ0) is 31.6. The van der Waals surface area contributed by atoms with Crippen molar-refractivity contribution in [1.29, 1.82) is 0 Å². The lowest BCUT2D eigenvalue weighted by Crippen LogP contribution is -2.19. The summed E-state index contributed by atoms with van der Waals surface area (Å²) in [6.45, 7) is 13.3. The minimum absolute atomic E-state index is 0.0620. The van der Waals surface area contributed by atoms with Crippen LogP contribution >= 0.6 is 0 Å². The molecule has 0 saturated heterocycles. The van der Waals surface area contributed by atoms with Crippen molar-refractivity contribution in [3.8, 4) is 11.4 Å². The standard InChI is InChI=1S/C38H39N7/c1-37(2,3)27-17-21-29(22-18-27)39-33-35(43-31(41-33)25-13-9-7-10-14-25)45-36-34(42-32(44-36)26-15-11-8-12-16-26)40-30-23-19-28(20-24-30)38(4,5)6/h7-24,39H,1-6H3,(H,41,43)(H,40,42,44,45). The minimum Gasteiger partial charge on any atom is -0.339 e. The van der Waals surface area contributed by atoms with Crippen molar-refractivity contribution >= 4 is 40.5 Å². The SMILES string of the molecule is CC(C)(C)c1ccc(NC2=NC(c3ccccc3)=N/C2=N\c2nc(-c3ccccc3)[nH]c2Nc2ccc(C(C)(C)C)cc2)cc1. The van der Waals surface area contributed by atoms with Gasteiger partial charge in [0.1, 0.15) is 5.82 Å². The number of aromatic nitrogens is 2. The summed E-state index contributed by atoms with van der Waals surface area (Å²) in [7, 11) is 0. The maximum Gasteiger partial charge on any atom is 0.200 e. The van der Waals surface area contributed by atoms with E-state index in [1.54, 1.807) is 0 Å². The van der Waals surface area contributed by atoms with Gasteiger partial charge in [-0.05, 0) is 46.2 Å². The molecule has 45 heavy (non-hydrogen) atoms. The molecule has 0 fully saturated rings. The van der Waals surface area contributed by atoms with Gasteiger partial charge in [0.25, 0.3) is 0 Å². The van der Waals surface area contributed by atoms with E-state index in [1.807, 2.05) is 60.7 Å². The van der Waals surface area contributed by atoms with Crippen LogP contribution in [0.4, 0.5) is 23.0 Å². The molecule has 0 aliphatic carbocycles. The zero-order valence-corrected chi connectivity index (χ0v) is 26.7. The van der Waals surface area contributed by atoms with Gasteiger partial charge in [0.2, 0.25) is 0 Å². The van der Waals surface area contributed by atoms with Crippen LogP contribution < -0.4 is 10.6 Å². The van der Waals surface area contributed by atoms with Crippen LogP contribution in [0.25, 0.3) is 11.4 Å². The second-order valence-corrected chi connectivity index (χ2v) is 13.3. The summed E-state index contributed by atoms with van der Waals surface area (Å²) in [5.41, 5.74) is 6.35. The van der Waals surface area contributed by atoms with Crippen LogP contribution in [0.3, 0.4) is 0 Å². The smallest absolute Gasteiger partial charge is 0.200 e. The lowest BCUT2D eigenvalue weighted by Gasteiger charge is -2.19.